The Morgan fingerprint density at radius 3 is 2.70 bits per heavy atom. The van der Waals surface area contributed by atoms with Crippen LogP contribution in [0.5, 0.6) is 0 Å². The first kappa shape index (κ1) is 19.5. The van der Waals surface area contributed by atoms with Crippen LogP contribution in [0, 0.1) is 19.8 Å². The summed E-state index contributed by atoms with van der Waals surface area (Å²) in [5.41, 5.74) is 2.48. The molecule has 1 N–H and O–H groups in total. The maximum Gasteiger partial charge on any atom is 0.232 e. The minimum absolute atomic E-state index is 0.0516. The highest BCUT2D eigenvalue weighted by Crippen LogP contribution is 2.21. The Labute approximate surface area is 163 Å². The summed E-state index contributed by atoms with van der Waals surface area (Å²) in [6.07, 6.45) is 1.36. The predicted octanol–water partition coefficient (Wildman–Crippen LogP) is 3.40. The van der Waals surface area contributed by atoms with Gasteiger partial charge in [0.15, 0.2) is 5.82 Å². The fourth-order valence-corrected chi connectivity index (χ4v) is 4.07. The predicted molar refractivity (Wildman–Crippen MR) is 107 cm³/mol. The SMILES string of the molecule is Cc1cccc(CSCC(=O)N2CCC(C(=O)Nc3cc(C)on3)CC2)c1. The van der Waals surface area contributed by atoms with E-state index in [1.165, 1.54) is 11.1 Å². The number of rotatable bonds is 6. The minimum Gasteiger partial charge on any atom is -0.360 e. The largest absolute Gasteiger partial charge is 0.360 e. The number of piperidine rings is 1. The molecule has 0 atom stereocenters. The van der Waals surface area contributed by atoms with Crippen LogP contribution in [-0.4, -0.2) is 40.7 Å². The molecule has 0 bridgehead atoms. The van der Waals surface area contributed by atoms with E-state index >= 15 is 0 Å². The van der Waals surface area contributed by atoms with Gasteiger partial charge in [0.2, 0.25) is 11.8 Å². The molecular formula is C20H25N3O3S. The Hall–Kier alpha value is -2.28. The van der Waals surface area contributed by atoms with E-state index in [4.69, 9.17) is 4.52 Å². The molecule has 2 aromatic rings. The highest BCUT2D eigenvalue weighted by molar-refractivity contribution is 7.99. The summed E-state index contributed by atoms with van der Waals surface area (Å²) in [7, 11) is 0. The molecule has 1 saturated heterocycles. The van der Waals surface area contributed by atoms with Crippen molar-refractivity contribution in [2.24, 2.45) is 5.92 Å². The maximum absolute atomic E-state index is 12.4. The molecule has 144 valence electrons. The van der Waals surface area contributed by atoms with Crippen molar-refractivity contribution in [3.8, 4) is 0 Å². The Morgan fingerprint density at radius 2 is 2.04 bits per heavy atom. The van der Waals surface area contributed by atoms with Gasteiger partial charge < -0.3 is 14.7 Å². The summed E-state index contributed by atoms with van der Waals surface area (Å²) in [6.45, 7) is 5.10. The van der Waals surface area contributed by atoms with Crippen LogP contribution in [-0.2, 0) is 15.3 Å². The topological polar surface area (TPSA) is 75.4 Å². The summed E-state index contributed by atoms with van der Waals surface area (Å²) in [6, 6.07) is 10.1. The van der Waals surface area contributed by atoms with Crippen LogP contribution in [0.4, 0.5) is 5.82 Å². The lowest BCUT2D eigenvalue weighted by Gasteiger charge is -2.31. The fourth-order valence-electron chi connectivity index (χ4n) is 3.19. The van der Waals surface area contributed by atoms with E-state index in [1.807, 2.05) is 11.0 Å². The Morgan fingerprint density at radius 1 is 1.26 bits per heavy atom. The molecule has 1 fully saturated rings. The first-order valence-corrected chi connectivity index (χ1v) is 10.3. The average molecular weight is 388 g/mol. The van der Waals surface area contributed by atoms with Crippen LogP contribution in [0.15, 0.2) is 34.9 Å². The van der Waals surface area contributed by atoms with Crippen molar-refractivity contribution in [2.75, 3.05) is 24.2 Å². The number of hydrogen-bond donors (Lipinski definition) is 1. The van der Waals surface area contributed by atoms with E-state index in [1.54, 1.807) is 24.8 Å². The van der Waals surface area contributed by atoms with Crippen molar-refractivity contribution in [3.05, 3.63) is 47.2 Å². The third kappa shape index (κ3) is 5.60. The molecule has 27 heavy (non-hydrogen) atoms. The lowest BCUT2D eigenvalue weighted by molar-refractivity contribution is -0.132. The first-order valence-electron chi connectivity index (χ1n) is 9.16. The molecule has 2 heterocycles. The summed E-state index contributed by atoms with van der Waals surface area (Å²) in [4.78, 5) is 26.6. The number of aromatic nitrogens is 1. The number of likely N-dealkylation sites (tertiary alicyclic amines) is 1. The molecular weight excluding hydrogens is 362 g/mol. The zero-order valence-corrected chi connectivity index (χ0v) is 16.6. The number of benzene rings is 1. The van der Waals surface area contributed by atoms with E-state index in [2.05, 4.69) is 35.6 Å². The molecule has 0 spiro atoms. The molecule has 0 saturated carbocycles. The standard InChI is InChI=1S/C20H25N3O3S/c1-14-4-3-5-16(10-14)12-27-13-19(24)23-8-6-17(7-9-23)20(25)21-18-11-15(2)26-22-18/h3-5,10-11,17H,6-9,12-13H2,1-2H3,(H,21,22,25). The lowest BCUT2D eigenvalue weighted by atomic mass is 9.96. The monoisotopic (exact) mass is 387 g/mol. The van der Waals surface area contributed by atoms with Crippen LogP contribution >= 0.6 is 11.8 Å². The van der Waals surface area contributed by atoms with E-state index in [0.717, 1.165) is 5.75 Å². The van der Waals surface area contributed by atoms with Gasteiger partial charge in [-0.1, -0.05) is 35.0 Å². The van der Waals surface area contributed by atoms with Crippen LogP contribution < -0.4 is 5.32 Å². The average Bonchev–Trinajstić information content (AvgIpc) is 3.06. The molecule has 7 heteroatoms. The number of thioether (sulfide) groups is 1. The van der Waals surface area contributed by atoms with Crippen molar-refractivity contribution in [3.63, 3.8) is 0 Å². The van der Waals surface area contributed by atoms with Gasteiger partial charge in [-0.3, -0.25) is 9.59 Å². The third-order valence-corrected chi connectivity index (χ3v) is 5.66. The second kappa shape index (κ2) is 9.08. The highest BCUT2D eigenvalue weighted by atomic mass is 32.2. The molecule has 1 aliphatic rings. The van der Waals surface area contributed by atoms with E-state index in [-0.39, 0.29) is 17.7 Å². The normalized spacial score (nSPS) is 15.0. The Bertz CT molecular complexity index is 797. The fraction of sp³-hybridized carbons (Fsp3) is 0.450. The zero-order valence-electron chi connectivity index (χ0n) is 15.7. The van der Waals surface area contributed by atoms with Gasteiger partial charge in [-0.25, -0.2) is 0 Å². The minimum atomic E-state index is -0.0917. The van der Waals surface area contributed by atoms with Crippen LogP contribution in [0.25, 0.3) is 0 Å². The summed E-state index contributed by atoms with van der Waals surface area (Å²) < 4.78 is 4.96. The summed E-state index contributed by atoms with van der Waals surface area (Å²) >= 11 is 1.64. The van der Waals surface area contributed by atoms with Gasteiger partial charge in [-0.05, 0) is 32.3 Å². The molecule has 0 unspecified atom stereocenters. The number of carbonyl (C=O) groups excluding carboxylic acids is 2. The quantitative estimate of drug-likeness (QED) is 0.822. The molecule has 6 nitrogen and oxygen atoms in total. The van der Waals surface area contributed by atoms with Crippen molar-refractivity contribution < 1.29 is 14.1 Å². The number of hydrogen-bond acceptors (Lipinski definition) is 5. The van der Waals surface area contributed by atoms with Crippen molar-refractivity contribution in [2.45, 2.75) is 32.4 Å². The van der Waals surface area contributed by atoms with Gasteiger partial charge in [0, 0.05) is 30.8 Å². The van der Waals surface area contributed by atoms with Gasteiger partial charge in [-0.15, -0.1) is 11.8 Å². The molecule has 1 aliphatic heterocycles. The third-order valence-electron chi connectivity index (χ3n) is 4.67. The zero-order chi connectivity index (χ0) is 19.2. The highest BCUT2D eigenvalue weighted by Gasteiger charge is 2.27. The van der Waals surface area contributed by atoms with Crippen molar-refractivity contribution in [1.82, 2.24) is 10.1 Å². The first-order chi connectivity index (χ1) is 13.0. The second-order valence-electron chi connectivity index (χ2n) is 6.95. The van der Waals surface area contributed by atoms with Gasteiger partial charge in [0.1, 0.15) is 5.76 Å². The summed E-state index contributed by atoms with van der Waals surface area (Å²) in [5.74, 6) is 2.43. The Balaban J connectivity index is 1.39. The van der Waals surface area contributed by atoms with Crippen LogP contribution in [0.2, 0.25) is 0 Å². The number of anilines is 1. The number of nitrogens with zero attached hydrogens (tertiary/aromatic N) is 2. The van der Waals surface area contributed by atoms with Crippen LogP contribution in [0.1, 0.15) is 29.7 Å². The molecule has 0 aliphatic carbocycles. The van der Waals surface area contributed by atoms with Crippen molar-refractivity contribution >= 4 is 29.4 Å². The molecule has 2 amide bonds. The van der Waals surface area contributed by atoms with E-state index in [9.17, 15) is 9.59 Å². The molecule has 0 radical (unpaired) electrons. The van der Waals surface area contributed by atoms with Crippen LogP contribution in [0.3, 0.4) is 0 Å². The van der Waals surface area contributed by atoms with E-state index < -0.39 is 0 Å². The second-order valence-corrected chi connectivity index (χ2v) is 7.93. The molecule has 1 aromatic carbocycles. The molecule has 3 rings (SSSR count). The smallest absolute Gasteiger partial charge is 0.232 e. The van der Waals surface area contributed by atoms with Gasteiger partial charge in [0.25, 0.3) is 0 Å². The molecule has 1 aromatic heterocycles. The Kier molecular flexibility index (Phi) is 6.55. The van der Waals surface area contributed by atoms with Crippen molar-refractivity contribution in [1.29, 1.82) is 0 Å². The number of amides is 2. The lowest BCUT2D eigenvalue weighted by Crippen LogP contribution is -2.42. The number of aryl methyl sites for hydroxylation is 2. The summed E-state index contributed by atoms with van der Waals surface area (Å²) in [5, 5.41) is 6.57. The van der Waals surface area contributed by atoms with Gasteiger partial charge >= 0.3 is 0 Å². The van der Waals surface area contributed by atoms with Gasteiger partial charge in [-0.2, -0.15) is 0 Å². The maximum atomic E-state index is 12.4. The van der Waals surface area contributed by atoms with Gasteiger partial charge in [0.05, 0.1) is 5.75 Å². The van der Waals surface area contributed by atoms with E-state index in [0.29, 0.717) is 43.3 Å². The number of nitrogens with one attached hydrogen (secondary N) is 1. The number of carbonyl (C=O) groups is 2.